The van der Waals surface area contributed by atoms with E-state index in [1.807, 2.05) is 37.3 Å². The minimum Gasteiger partial charge on any atom is -0.396 e. The number of carbonyl (C=O) groups excluding carboxylic acids is 1. The molecule has 0 saturated heterocycles. The van der Waals surface area contributed by atoms with Crippen LogP contribution < -0.4 is 11.1 Å². The van der Waals surface area contributed by atoms with Gasteiger partial charge in [-0.2, -0.15) is 0 Å². The Hall–Kier alpha value is -2.36. The summed E-state index contributed by atoms with van der Waals surface area (Å²) in [4.78, 5) is 12.1. The molecule has 0 aliphatic rings. The molecule has 0 saturated carbocycles. The summed E-state index contributed by atoms with van der Waals surface area (Å²) in [7, 11) is 0. The average molecular weight is 258 g/mol. The molecule has 0 aliphatic carbocycles. The number of nitrogens with one attached hydrogen (secondary N) is 1. The van der Waals surface area contributed by atoms with Gasteiger partial charge >= 0.3 is 0 Å². The second-order valence-corrected chi connectivity index (χ2v) is 4.36. The Morgan fingerprint density at radius 2 is 1.89 bits per heavy atom. The lowest BCUT2D eigenvalue weighted by atomic mass is 10.0. The molecule has 2 aromatic rings. The second kappa shape index (κ2) is 5.52. The summed E-state index contributed by atoms with van der Waals surface area (Å²) in [5, 5.41) is 2.72. The molecule has 0 fully saturated rings. The smallest absolute Gasteiger partial charge is 0.231 e. The number of nitrogens with two attached hydrogens (primary N) is 1. The predicted octanol–water partition coefficient (Wildman–Crippen LogP) is 3.15. The van der Waals surface area contributed by atoms with E-state index in [4.69, 9.17) is 5.73 Å². The van der Waals surface area contributed by atoms with Crippen molar-refractivity contribution in [2.24, 2.45) is 0 Å². The number of amides is 1. The first-order valence-corrected chi connectivity index (χ1v) is 5.99. The summed E-state index contributed by atoms with van der Waals surface area (Å²) in [6.45, 7) is 1.82. The highest BCUT2D eigenvalue weighted by molar-refractivity contribution is 5.95. The van der Waals surface area contributed by atoms with Crippen LogP contribution in [-0.2, 0) is 4.79 Å². The molecule has 3 nitrogen and oxygen atoms in total. The highest BCUT2D eigenvalue weighted by Gasteiger charge is 2.15. The maximum atomic E-state index is 13.0. The monoisotopic (exact) mass is 258 g/mol. The quantitative estimate of drug-likeness (QED) is 0.831. The topological polar surface area (TPSA) is 55.1 Å². The number of hydrogen-bond donors (Lipinski definition) is 2. The molecule has 3 N–H and O–H groups in total. The lowest BCUT2D eigenvalue weighted by molar-refractivity contribution is -0.117. The third-order valence-corrected chi connectivity index (χ3v) is 2.96. The zero-order chi connectivity index (χ0) is 13.8. The van der Waals surface area contributed by atoms with Crippen molar-refractivity contribution in [2.75, 3.05) is 11.1 Å². The van der Waals surface area contributed by atoms with Gasteiger partial charge in [-0.25, -0.2) is 4.39 Å². The average Bonchev–Trinajstić information content (AvgIpc) is 2.43. The summed E-state index contributed by atoms with van der Waals surface area (Å²) >= 11 is 0. The summed E-state index contributed by atoms with van der Waals surface area (Å²) in [6.07, 6.45) is 0. The maximum Gasteiger partial charge on any atom is 0.231 e. The van der Waals surface area contributed by atoms with Crippen LogP contribution in [0.4, 0.5) is 15.8 Å². The first-order valence-electron chi connectivity index (χ1n) is 5.99. The zero-order valence-electron chi connectivity index (χ0n) is 10.6. The molecule has 4 heteroatoms. The Morgan fingerprint density at radius 1 is 1.21 bits per heavy atom. The minimum absolute atomic E-state index is 0.0187. The molecule has 0 bridgehead atoms. The maximum absolute atomic E-state index is 13.0. The summed E-state index contributed by atoms with van der Waals surface area (Å²) in [5.74, 6) is -0.932. The highest BCUT2D eigenvalue weighted by Crippen LogP contribution is 2.20. The Morgan fingerprint density at radius 3 is 2.53 bits per heavy atom. The van der Waals surface area contributed by atoms with Crippen molar-refractivity contribution < 1.29 is 9.18 Å². The van der Waals surface area contributed by atoms with Crippen molar-refractivity contribution in [3.8, 4) is 0 Å². The number of halogens is 1. The summed E-state index contributed by atoms with van der Waals surface area (Å²) in [5.41, 5.74) is 6.89. The lowest BCUT2D eigenvalue weighted by Crippen LogP contribution is -2.18. The molecule has 0 radical (unpaired) electrons. The Balaban J connectivity index is 2.10. The second-order valence-electron chi connectivity index (χ2n) is 4.36. The van der Waals surface area contributed by atoms with E-state index in [2.05, 4.69) is 5.32 Å². The van der Waals surface area contributed by atoms with E-state index < -0.39 is 5.82 Å². The van der Waals surface area contributed by atoms with Crippen LogP contribution in [0.25, 0.3) is 0 Å². The number of rotatable bonds is 3. The third-order valence-electron chi connectivity index (χ3n) is 2.96. The van der Waals surface area contributed by atoms with Crippen molar-refractivity contribution in [3.63, 3.8) is 0 Å². The van der Waals surface area contributed by atoms with Gasteiger partial charge in [-0.05, 0) is 30.7 Å². The first kappa shape index (κ1) is 13.1. The van der Waals surface area contributed by atoms with E-state index in [9.17, 15) is 9.18 Å². The number of carbonyl (C=O) groups is 1. The molecule has 1 amide bonds. The molecular weight excluding hydrogens is 243 g/mol. The third kappa shape index (κ3) is 3.10. The number of nitrogen functional groups attached to an aromatic ring is 1. The molecule has 0 aliphatic heterocycles. The van der Waals surface area contributed by atoms with Crippen LogP contribution in [0.1, 0.15) is 18.4 Å². The number of anilines is 2. The van der Waals surface area contributed by atoms with E-state index >= 15 is 0 Å². The minimum atomic E-state index is -0.492. The van der Waals surface area contributed by atoms with Crippen molar-refractivity contribution in [1.82, 2.24) is 0 Å². The molecule has 2 aromatic carbocycles. The summed E-state index contributed by atoms with van der Waals surface area (Å²) < 4.78 is 13.0. The van der Waals surface area contributed by atoms with Gasteiger partial charge in [0.2, 0.25) is 5.91 Å². The van der Waals surface area contributed by atoms with Crippen molar-refractivity contribution in [1.29, 1.82) is 0 Å². The Labute approximate surface area is 111 Å². The zero-order valence-corrected chi connectivity index (χ0v) is 10.6. The van der Waals surface area contributed by atoms with E-state index in [-0.39, 0.29) is 17.5 Å². The molecule has 1 atom stereocenters. The van der Waals surface area contributed by atoms with Crippen LogP contribution in [0.2, 0.25) is 0 Å². The van der Waals surface area contributed by atoms with Gasteiger partial charge in [0.05, 0.1) is 11.6 Å². The standard InChI is InChI=1S/C15H15FN2O/c1-10(11-5-3-2-4-6-11)15(19)18-12-7-8-13(16)14(17)9-12/h2-10H,17H2,1H3,(H,18,19). The number of hydrogen-bond acceptors (Lipinski definition) is 2. The van der Waals surface area contributed by atoms with Crippen LogP contribution in [-0.4, -0.2) is 5.91 Å². The van der Waals surface area contributed by atoms with Gasteiger partial charge in [0, 0.05) is 5.69 Å². The Kier molecular flexibility index (Phi) is 3.80. The van der Waals surface area contributed by atoms with E-state index in [0.29, 0.717) is 5.69 Å². The largest absolute Gasteiger partial charge is 0.396 e. The van der Waals surface area contributed by atoms with E-state index in [1.165, 1.54) is 18.2 Å². The van der Waals surface area contributed by atoms with E-state index in [0.717, 1.165) is 5.56 Å². The van der Waals surface area contributed by atoms with Gasteiger partial charge in [-0.15, -0.1) is 0 Å². The molecule has 0 spiro atoms. The van der Waals surface area contributed by atoms with Gasteiger partial charge in [0.15, 0.2) is 0 Å². The van der Waals surface area contributed by atoms with Crippen LogP contribution >= 0.6 is 0 Å². The number of benzene rings is 2. The van der Waals surface area contributed by atoms with Crippen molar-refractivity contribution >= 4 is 17.3 Å². The fourth-order valence-corrected chi connectivity index (χ4v) is 1.77. The van der Waals surface area contributed by atoms with Crippen LogP contribution in [0.3, 0.4) is 0 Å². The molecule has 0 heterocycles. The van der Waals surface area contributed by atoms with E-state index in [1.54, 1.807) is 0 Å². The molecule has 19 heavy (non-hydrogen) atoms. The molecule has 1 unspecified atom stereocenters. The van der Waals surface area contributed by atoms with Gasteiger partial charge in [0.1, 0.15) is 5.82 Å². The van der Waals surface area contributed by atoms with Gasteiger partial charge in [-0.3, -0.25) is 4.79 Å². The van der Waals surface area contributed by atoms with Crippen molar-refractivity contribution in [3.05, 3.63) is 59.9 Å². The van der Waals surface area contributed by atoms with Crippen LogP contribution in [0, 0.1) is 5.82 Å². The Bertz CT molecular complexity index is 584. The molecule has 2 rings (SSSR count). The fraction of sp³-hybridized carbons (Fsp3) is 0.133. The van der Waals surface area contributed by atoms with Crippen LogP contribution in [0.5, 0.6) is 0 Å². The van der Waals surface area contributed by atoms with Gasteiger partial charge in [0.25, 0.3) is 0 Å². The normalized spacial score (nSPS) is 11.9. The van der Waals surface area contributed by atoms with Gasteiger partial charge in [-0.1, -0.05) is 30.3 Å². The first-order chi connectivity index (χ1) is 9.08. The highest BCUT2D eigenvalue weighted by atomic mass is 19.1. The fourth-order valence-electron chi connectivity index (χ4n) is 1.77. The van der Waals surface area contributed by atoms with Crippen LogP contribution in [0.15, 0.2) is 48.5 Å². The van der Waals surface area contributed by atoms with Gasteiger partial charge < -0.3 is 11.1 Å². The SMILES string of the molecule is CC(C(=O)Nc1ccc(F)c(N)c1)c1ccccc1. The molecule has 98 valence electrons. The predicted molar refractivity (Wildman–Crippen MR) is 74.3 cm³/mol. The molecular formula is C15H15FN2O. The molecule has 0 aromatic heterocycles. The van der Waals surface area contributed by atoms with Crippen molar-refractivity contribution in [2.45, 2.75) is 12.8 Å². The lowest BCUT2D eigenvalue weighted by Gasteiger charge is -2.13. The summed E-state index contributed by atoms with van der Waals surface area (Å²) in [6, 6.07) is 13.6.